The average Bonchev–Trinajstić information content (AvgIpc) is 3.19. The molecule has 0 saturated carbocycles. The van der Waals surface area contributed by atoms with Gasteiger partial charge < -0.3 is 4.90 Å². The van der Waals surface area contributed by atoms with E-state index in [1.165, 1.54) is 17.7 Å². The lowest BCUT2D eigenvalue weighted by Crippen LogP contribution is -2.49. The van der Waals surface area contributed by atoms with Gasteiger partial charge in [0.15, 0.2) is 0 Å². The number of rotatable bonds is 3. The summed E-state index contributed by atoms with van der Waals surface area (Å²) in [5.74, 6) is -0.373. The van der Waals surface area contributed by atoms with Crippen LogP contribution in [0.2, 0.25) is 0 Å². The number of piperazine rings is 1. The molecular weight excluding hydrogens is 343 g/mol. The predicted molar refractivity (Wildman–Crippen MR) is 101 cm³/mol. The van der Waals surface area contributed by atoms with Gasteiger partial charge in [-0.2, -0.15) is 0 Å². The second kappa shape index (κ2) is 7.32. The number of halogens is 1. The summed E-state index contributed by atoms with van der Waals surface area (Å²) in [4.78, 5) is 21.5. The van der Waals surface area contributed by atoms with Gasteiger partial charge in [-0.3, -0.25) is 14.3 Å². The van der Waals surface area contributed by atoms with E-state index >= 15 is 0 Å². The van der Waals surface area contributed by atoms with Crippen LogP contribution in [0.3, 0.4) is 0 Å². The van der Waals surface area contributed by atoms with E-state index in [4.69, 9.17) is 0 Å². The van der Waals surface area contributed by atoms with Gasteiger partial charge in [-0.05, 0) is 36.9 Å². The number of benzene rings is 2. The van der Waals surface area contributed by atoms with E-state index in [1.807, 2.05) is 23.1 Å². The quantitative estimate of drug-likeness (QED) is 0.717. The number of carbonyl (C=O) groups is 1. The fourth-order valence-electron chi connectivity index (χ4n) is 3.52. The summed E-state index contributed by atoms with van der Waals surface area (Å²) in [6, 6.07) is 16.4. The molecule has 138 valence electrons. The molecule has 1 atom stereocenters. The van der Waals surface area contributed by atoms with Crippen molar-refractivity contribution in [2.75, 3.05) is 26.7 Å². The highest BCUT2D eigenvalue weighted by molar-refractivity contribution is 5.93. The van der Waals surface area contributed by atoms with Crippen LogP contribution in [0.25, 0.3) is 5.69 Å². The second-order valence-electron chi connectivity index (χ2n) is 6.78. The highest BCUT2D eigenvalue weighted by atomic mass is 19.1. The Balaban J connectivity index is 1.58. The summed E-state index contributed by atoms with van der Waals surface area (Å²) >= 11 is 0. The van der Waals surface area contributed by atoms with Gasteiger partial charge >= 0.3 is 0 Å². The predicted octanol–water partition coefficient (Wildman–Crippen LogP) is 3.14. The Morgan fingerprint density at radius 2 is 1.81 bits per heavy atom. The molecule has 6 heteroatoms. The summed E-state index contributed by atoms with van der Waals surface area (Å²) in [6.07, 6.45) is 3.16. The normalized spacial score (nSPS) is 17.9. The Morgan fingerprint density at radius 1 is 1.07 bits per heavy atom. The maximum Gasteiger partial charge on any atom is 0.272 e. The molecule has 1 fully saturated rings. The van der Waals surface area contributed by atoms with Crippen molar-refractivity contribution in [2.45, 2.75) is 6.04 Å². The first-order chi connectivity index (χ1) is 13.1. The van der Waals surface area contributed by atoms with Crippen molar-refractivity contribution in [1.82, 2.24) is 19.4 Å². The highest BCUT2D eigenvalue weighted by Crippen LogP contribution is 2.25. The molecule has 1 aromatic heterocycles. The van der Waals surface area contributed by atoms with Gasteiger partial charge in [-0.1, -0.05) is 30.3 Å². The van der Waals surface area contributed by atoms with E-state index in [9.17, 15) is 9.18 Å². The van der Waals surface area contributed by atoms with E-state index in [0.29, 0.717) is 24.5 Å². The lowest BCUT2D eigenvalue weighted by molar-refractivity contribution is 0.0538. The number of imidazole rings is 1. The lowest BCUT2D eigenvalue weighted by atomic mass is 10.0. The molecule has 4 rings (SSSR count). The smallest absolute Gasteiger partial charge is 0.272 e. The van der Waals surface area contributed by atoms with Gasteiger partial charge in [-0.15, -0.1) is 0 Å². The number of likely N-dealkylation sites (N-methyl/N-ethyl adjacent to an activating group) is 1. The minimum absolute atomic E-state index is 0.0640. The van der Waals surface area contributed by atoms with E-state index in [1.54, 1.807) is 29.2 Å². The zero-order chi connectivity index (χ0) is 18.8. The van der Waals surface area contributed by atoms with Crippen LogP contribution in [-0.2, 0) is 0 Å². The minimum atomic E-state index is -0.309. The molecule has 0 bridgehead atoms. The number of hydrogen-bond donors (Lipinski definition) is 0. The third kappa shape index (κ3) is 3.48. The molecule has 5 nitrogen and oxygen atoms in total. The monoisotopic (exact) mass is 364 g/mol. The third-order valence-corrected chi connectivity index (χ3v) is 5.08. The number of hydrogen-bond acceptors (Lipinski definition) is 3. The van der Waals surface area contributed by atoms with E-state index < -0.39 is 0 Å². The second-order valence-corrected chi connectivity index (χ2v) is 6.78. The van der Waals surface area contributed by atoms with Crippen LogP contribution in [0, 0.1) is 5.82 Å². The molecule has 2 heterocycles. The summed E-state index contributed by atoms with van der Waals surface area (Å²) in [6.45, 7) is 2.08. The molecule has 1 unspecified atom stereocenters. The molecule has 1 aliphatic heterocycles. The molecule has 0 radical (unpaired) electrons. The molecule has 0 N–H and O–H groups in total. The summed E-state index contributed by atoms with van der Waals surface area (Å²) in [5, 5.41) is 0. The minimum Gasteiger partial charge on any atom is -0.334 e. The topological polar surface area (TPSA) is 41.4 Å². The average molecular weight is 364 g/mol. The Morgan fingerprint density at radius 3 is 2.56 bits per heavy atom. The fourth-order valence-corrected chi connectivity index (χ4v) is 3.52. The maximum absolute atomic E-state index is 13.2. The summed E-state index contributed by atoms with van der Waals surface area (Å²) < 4.78 is 14.9. The van der Waals surface area contributed by atoms with Crippen molar-refractivity contribution in [1.29, 1.82) is 0 Å². The van der Waals surface area contributed by atoms with Gasteiger partial charge in [-0.25, -0.2) is 9.37 Å². The molecule has 2 aromatic carbocycles. The molecule has 3 aromatic rings. The molecule has 27 heavy (non-hydrogen) atoms. The Labute approximate surface area is 157 Å². The zero-order valence-corrected chi connectivity index (χ0v) is 15.1. The number of aromatic nitrogens is 2. The molecule has 0 aliphatic carbocycles. The highest BCUT2D eigenvalue weighted by Gasteiger charge is 2.30. The fraction of sp³-hybridized carbons (Fsp3) is 0.238. The molecule has 0 spiro atoms. The SMILES string of the molecule is CN1CCN(C(=O)c2cncn2-c2ccc(F)cc2)CC1c1ccccc1. The largest absolute Gasteiger partial charge is 0.334 e. The Kier molecular flexibility index (Phi) is 4.73. The van der Waals surface area contributed by atoms with Crippen molar-refractivity contribution in [2.24, 2.45) is 0 Å². The standard InChI is InChI=1S/C21H21FN4O/c1-24-11-12-25(14-20(24)16-5-3-2-4-6-16)21(27)19-13-23-15-26(19)18-9-7-17(22)8-10-18/h2-10,13,15,20H,11-12,14H2,1H3. The number of amides is 1. The van der Waals surface area contributed by atoms with Crippen LogP contribution in [0.4, 0.5) is 4.39 Å². The molecule has 1 amide bonds. The van der Waals surface area contributed by atoms with Gasteiger partial charge in [0.2, 0.25) is 0 Å². The molecular formula is C21H21FN4O. The van der Waals surface area contributed by atoms with Crippen LogP contribution in [0.5, 0.6) is 0 Å². The van der Waals surface area contributed by atoms with Gasteiger partial charge in [0, 0.05) is 25.3 Å². The van der Waals surface area contributed by atoms with Gasteiger partial charge in [0.25, 0.3) is 5.91 Å². The Hall–Kier alpha value is -2.99. The van der Waals surface area contributed by atoms with E-state index in [-0.39, 0.29) is 17.8 Å². The van der Waals surface area contributed by atoms with E-state index in [2.05, 4.69) is 29.1 Å². The number of carbonyl (C=O) groups excluding carboxylic acids is 1. The van der Waals surface area contributed by atoms with Crippen molar-refractivity contribution in [3.63, 3.8) is 0 Å². The van der Waals surface area contributed by atoms with Crippen LogP contribution in [0.15, 0.2) is 67.1 Å². The molecule has 1 aliphatic rings. The number of nitrogens with zero attached hydrogens (tertiary/aromatic N) is 4. The third-order valence-electron chi connectivity index (χ3n) is 5.08. The van der Waals surface area contributed by atoms with Gasteiger partial charge in [0.1, 0.15) is 11.5 Å². The Bertz CT molecular complexity index is 923. The van der Waals surface area contributed by atoms with Crippen molar-refractivity contribution in [3.8, 4) is 5.69 Å². The van der Waals surface area contributed by atoms with E-state index in [0.717, 1.165) is 6.54 Å². The lowest BCUT2D eigenvalue weighted by Gasteiger charge is -2.39. The first kappa shape index (κ1) is 17.4. The first-order valence-electron chi connectivity index (χ1n) is 8.96. The van der Waals surface area contributed by atoms with Gasteiger partial charge in [0.05, 0.1) is 18.6 Å². The molecule has 1 saturated heterocycles. The summed E-state index contributed by atoms with van der Waals surface area (Å²) in [5.41, 5.74) is 2.40. The maximum atomic E-state index is 13.2. The zero-order valence-electron chi connectivity index (χ0n) is 15.1. The van der Waals surface area contributed by atoms with Crippen molar-refractivity contribution < 1.29 is 9.18 Å². The van der Waals surface area contributed by atoms with Crippen LogP contribution >= 0.6 is 0 Å². The van der Waals surface area contributed by atoms with Crippen molar-refractivity contribution in [3.05, 3.63) is 84.2 Å². The summed E-state index contributed by atoms with van der Waals surface area (Å²) in [7, 11) is 2.09. The van der Waals surface area contributed by atoms with Crippen molar-refractivity contribution >= 4 is 5.91 Å². The van der Waals surface area contributed by atoms with Crippen LogP contribution in [0.1, 0.15) is 22.1 Å². The van der Waals surface area contributed by atoms with Crippen LogP contribution < -0.4 is 0 Å². The first-order valence-corrected chi connectivity index (χ1v) is 8.96. The van der Waals surface area contributed by atoms with Crippen LogP contribution in [-0.4, -0.2) is 51.9 Å².